The molecule has 0 aliphatic carbocycles. The van der Waals surface area contributed by atoms with Crippen molar-refractivity contribution >= 4 is 11.6 Å². The summed E-state index contributed by atoms with van der Waals surface area (Å²) in [6, 6.07) is 8.11. The standard InChI is InChI=1S/C28H44N6O3/c1-22-8-11-33(12-9-22)14-15-37-24-7-6-23(16-25(24)36-5)18-32(4)19-28(35)10-13-34(20-28)27-17-26(31(2)3)29-21-30-27/h6-7,16-17,21-22,35H,8-15,18-20H2,1-5H3. The van der Waals surface area contributed by atoms with Gasteiger partial charge in [-0.15, -0.1) is 0 Å². The highest BCUT2D eigenvalue weighted by atomic mass is 16.5. The van der Waals surface area contributed by atoms with Crippen molar-refractivity contribution < 1.29 is 14.6 Å². The van der Waals surface area contributed by atoms with Crippen molar-refractivity contribution in [1.29, 1.82) is 0 Å². The molecular formula is C28H44N6O3. The first-order valence-corrected chi connectivity index (χ1v) is 13.4. The van der Waals surface area contributed by atoms with Gasteiger partial charge in [0.2, 0.25) is 0 Å². The molecule has 0 amide bonds. The molecule has 3 heterocycles. The van der Waals surface area contributed by atoms with Crippen LogP contribution in [0.2, 0.25) is 0 Å². The molecule has 9 nitrogen and oxygen atoms in total. The molecule has 1 N–H and O–H groups in total. The Morgan fingerprint density at radius 2 is 1.86 bits per heavy atom. The Kier molecular flexibility index (Phi) is 9.10. The van der Waals surface area contributed by atoms with E-state index in [-0.39, 0.29) is 0 Å². The highest BCUT2D eigenvalue weighted by Gasteiger charge is 2.37. The Morgan fingerprint density at radius 1 is 1.08 bits per heavy atom. The van der Waals surface area contributed by atoms with Crippen molar-refractivity contribution in [3.05, 3.63) is 36.2 Å². The van der Waals surface area contributed by atoms with Crippen LogP contribution < -0.4 is 19.3 Å². The van der Waals surface area contributed by atoms with Crippen molar-refractivity contribution in [2.75, 3.05) is 83.9 Å². The van der Waals surface area contributed by atoms with Crippen LogP contribution >= 0.6 is 0 Å². The maximum atomic E-state index is 11.3. The zero-order valence-corrected chi connectivity index (χ0v) is 23.2. The molecule has 2 saturated heterocycles. The van der Waals surface area contributed by atoms with Crippen LogP contribution in [0.3, 0.4) is 0 Å². The minimum atomic E-state index is -0.794. The quantitative estimate of drug-likeness (QED) is 0.489. The summed E-state index contributed by atoms with van der Waals surface area (Å²) >= 11 is 0. The number of β-amino-alcohol motifs (C(OH)–C–C–N with tert-alkyl or cyclic N) is 1. The number of likely N-dealkylation sites (N-methyl/N-ethyl adjacent to an activating group) is 1. The van der Waals surface area contributed by atoms with Crippen molar-refractivity contribution in [2.45, 2.75) is 38.3 Å². The Balaban J connectivity index is 1.28. The van der Waals surface area contributed by atoms with E-state index in [1.54, 1.807) is 13.4 Å². The van der Waals surface area contributed by atoms with E-state index in [0.717, 1.165) is 60.8 Å². The van der Waals surface area contributed by atoms with Crippen molar-refractivity contribution in [3.63, 3.8) is 0 Å². The molecule has 0 bridgehead atoms. The summed E-state index contributed by atoms with van der Waals surface area (Å²) < 4.78 is 11.7. The minimum absolute atomic E-state index is 0.549. The van der Waals surface area contributed by atoms with Gasteiger partial charge in [-0.05, 0) is 63.0 Å². The Hall–Kier alpha value is -2.62. The third-order valence-electron chi connectivity index (χ3n) is 7.54. The summed E-state index contributed by atoms with van der Waals surface area (Å²) in [4.78, 5) is 17.5. The van der Waals surface area contributed by atoms with E-state index in [1.807, 2.05) is 44.2 Å². The number of methoxy groups -OCH3 is 1. The molecule has 204 valence electrons. The second-order valence-electron chi connectivity index (χ2n) is 11.1. The van der Waals surface area contributed by atoms with Gasteiger partial charge in [-0.1, -0.05) is 13.0 Å². The lowest BCUT2D eigenvalue weighted by molar-refractivity contribution is 0.0279. The van der Waals surface area contributed by atoms with Gasteiger partial charge in [0, 0.05) is 52.9 Å². The monoisotopic (exact) mass is 512 g/mol. The second kappa shape index (κ2) is 12.3. The fourth-order valence-electron chi connectivity index (χ4n) is 5.31. The molecule has 0 radical (unpaired) electrons. The minimum Gasteiger partial charge on any atom is -0.493 e. The van der Waals surface area contributed by atoms with Gasteiger partial charge in [0.15, 0.2) is 11.5 Å². The van der Waals surface area contributed by atoms with Crippen molar-refractivity contribution in [3.8, 4) is 11.5 Å². The normalized spacial score (nSPS) is 21.0. The number of likely N-dealkylation sites (tertiary alicyclic amines) is 1. The Bertz CT molecular complexity index is 1010. The van der Waals surface area contributed by atoms with Gasteiger partial charge < -0.3 is 24.4 Å². The zero-order valence-electron chi connectivity index (χ0n) is 23.2. The lowest BCUT2D eigenvalue weighted by Gasteiger charge is -2.30. The highest BCUT2D eigenvalue weighted by Crippen LogP contribution is 2.30. The first kappa shape index (κ1) is 27.4. The molecule has 0 spiro atoms. The van der Waals surface area contributed by atoms with Crippen molar-refractivity contribution in [1.82, 2.24) is 19.8 Å². The number of piperidine rings is 1. The molecule has 2 aromatic rings. The van der Waals surface area contributed by atoms with Crippen LogP contribution in [0, 0.1) is 5.92 Å². The molecule has 1 atom stereocenters. The maximum Gasteiger partial charge on any atom is 0.161 e. The number of aromatic nitrogens is 2. The number of benzene rings is 1. The van der Waals surface area contributed by atoms with Gasteiger partial charge in [-0.25, -0.2) is 9.97 Å². The summed E-state index contributed by atoms with van der Waals surface area (Å²) in [5, 5.41) is 11.3. The van der Waals surface area contributed by atoms with Crippen LogP contribution in [-0.4, -0.2) is 105 Å². The molecule has 1 unspecified atom stereocenters. The number of rotatable bonds is 11. The van der Waals surface area contributed by atoms with E-state index in [4.69, 9.17) is 9.47 Å². The number of ether oxygens (including phenoxy) is 2. The van der Waals surface area contributed by atoms with E-state index in [2.05, 4.69) is 37.7 Å². The predicted molar refractivity (Wildman–Crippen MR) is 148 cm³/mol. The Labute approximate surface area is 222 Å². The highest BCUT2D eigenvalue weighted by molar-refractivity contribution is 5.50. The number of hydrogen-bond donors (Lipinski definition) is 1. The van der Waals surface area contributed by atoms with Crippen molar-refractivity contribution in [2.24, 2.45) is 5.92 Å². The van der Waals surface area contributed by atoms with Gasteiger partial charge in [0.1, 0.15) is 24.6 Å². The van der Waals surface area contributed by atoms with E-state index < -0.39 is 5.60 Å². The van der Waals surface area contributed by atoms with Gasteiger partial charge >= 0.3 is 0 Å². The first-order chi connectivity index (χ1) is 17.7. The Morgan fingerprint density at radius 3 is 2.59 bits per heavy atom. The lowest BCUT2D eigenvalue weighted by atomic mass is 9.99. The van der Waals surface area contributed by atoms with Crippen LogP contribution in [0.25, 0.3) is 0 Å². The molecular weight excluding hydrogens is 468 g/mol. The van der Waals surface area contributed by atoms with Crippen LogP contribution in [0.4, 0.5) is 11.6 Å². The predicted octanol–water partition coefficient (Wildman–Crippen LogP) is 2.74. The summed E-state index contributed by atoms with van der Waals surface area (Å²) in [5.74, 6) is 4.09. The lowest BCUT2D eigenvalue weighted by Crippen LogP contribution is -2.43. The summed E-state index contributed by atoms with van der Waals surface area (Å²) in [7, 11) is 7.66. The van der Waals surface area contributed by atoms with E-state index in [1.165, 1.54) is 12.8 Å². The SMILES string of the molecule is COc1cc(CN(C)CC2(O)CCN(c3cc(N(C)C)ncn3)C2)ccc1OCCN1CCC(C)CC1. The van der Waals surface area contributed by atoms with Crippen LogP contribution in [0.5, 0.6) is 11.5 Å². The van der Waals surface area contributed by atoms with E-state index in [9.17, 15) is 5.11 Å². The molecule has 1 aromatic carbocycles. The van der Waals surface area contributed by atoms with Crippen LogP contribution in [-0.2, 0) is 6.54 Å². The second-order valence-corrected chi connectivity index (χ2v) is 11.1. The summed E-state index contributed by atoms with van der Waals surface area (Å²) in [6.07, 6.45) is 4.83. The molecule has 9 heteroatoms. The van der Waals surface area contributed by atoms with Crippen LogP contribution in [0.15, 0.2) is 30.6 Å². The summed E-state index contributed by atoms with van der Waals surface area (Å²) in [6.45, 7) is 8.87. The largest absolute Gasteiger partial charge is 0.493 e. The first-order valence-electron chi connectivity index (χ1n) is 13.4. The number of nitrogens with zero attached hydrogens (tertiary/aromatic N) is 6. The fourth-order valence-corrected chi connectivity index (χ4v) is 5.31. The van der Waals surface area contributed by atoms with Crippen LogP contribution in [0.1, 0.15) is 31.7 Å². The third-order valence-corrected chi connectivity index (χ3v) is 7.54. The van der Waals surface area contributed by atoms with E-state index >= 15 is 0 Å². The number of anilines is 2. The van der Waals surface area contributed by atoms with Gasteiger partial charge in [0.25, 0.3) is 0 Å². The van der Waals surface area contributed by atoms with Gasteiger partial charge in [0.05, 0.1) is 12.7 Å². The molecule has 2 aliphatic rings. The zero-order chi connectivity index (χ0) is 26.4. The third kappa shape index (κ3) is 7.46. The topological polar surface area (TPSA) is 77.4 Å². The average Bonchev–Trinajstić information content (AvgIpc) is 3.27. The number of hydrogen-bond acceptors (Lipinski definition) is 9. The maximum absolute atomic E-state index is 11.3. The van der Waals surface area contributed by atoms with E-state index in [0.29, 0.717) is 32.7 Å². The average molecular weight is 513 g/mol. The molecule has 37 heavy (non-hydrogen) atoms. The summed E-state index contributed by atoms with van der Waals surface area (Å²) in [5.41, 5.74) is 0.332. The molecule has 1 aromatic heterocycles. The smallest absolute Gasteiger partial charge is 0.161 e. The fraction of sp³-hybridized carbons (Fsp3) is 0.643. The molecule has 2 fully saturated rings. The molecule has 0 saturated carbocycles. The van der Waals surface area contributed by atoms with Gasteiger partial charge in [-0.3, -0.25) is 9.80 Å². The molecule has 4 rings (SSSR count). The van der Waals surface area contributed by atoms with Gasteiger partial charge in [-0.2, -0.15) is 0 Å². The molecule has 2 aliphatic heterocycles. The number of aliphatic hydroxyl groups is 1.